The summed E-state index contributed by atoms with van der Waals surface area (Å²) in [5.41, 5.74) is 3.60. The maximum atomic E-state index is 4.22. The molecule has 0 amide bonds. The maximum absolute atomic E-state index is 4.22. The van der Waals surface area contributed by atoms with E-state index in [-0.39, 0.29) is 0 Å². The normalized spacial score (nSPS) is 17.8. The van der Waals surface area contributed by atoms with Gasteiger partial charge in [0.1, 0.15) is 0 Å². The molecule has 1 aromatic carbocycles. The van der Waals surface area contributed by atoms with Gasteiger partial charge in [-0.25, -0.2) is 0 Å². The van der Waals surface area contributed by atoms with E-state index in [1.165, 1.54) is 43.2 Å². The van der Waals surface area contributed by atoms with E-state index in [1.807, 2.05) is 12.3 Å². The largest absolute Gasteiger partial charge is 0.310 e. The summed E-state index contributed by atoms with van der Waals surface area (Å²) in [6, 6.07) is 11.0. The van der Waals surface area contributed by atoms with Crippen LogP contribution >= 0.6 is 0 Å². The molecule has 1 fully saturated rings. The lowest BCUT2D eigenvalue weighted by atomic mass is 9.84. The molecule has 0 saturated heterocycles. The molecule has 1 saturated carbocycles. The molecule has 0 spiro atoms. The molecule has 112 valence electrons. The van der Waals surface area contributed by atoms with Crippen LogP contribution in [0, 0.1) is 5.92 Å². The van der Waals surface area contributed by atoms with E-state index >= 15 is 0 Å². The van der Waals surface area contributed by atoms with Crippen LogP contribution < -0.4 is 5.32 Å². The molecule has 0 unspecified atom stereocenters. The monoisotopic (exact) mass is 283 g/mol. The summed E-state index contributed by atoms with van der Waals surface area (Å²) in [4.78, 5) is 0. The minimum Gasteiger partial charge on any atom is -0.310 e. The van der Waals surface area contributed by atoms with Crippen LogP contribution in [-0.2, 0) is 6.54 Å². The second kappa shape index (κ2) is 6.90. The summed E-state index contributed by atoms with van der Waals surface area (Å²) >= 11 is 0. The van der Waals surface area contributed by atoms with Crippen LogP contribution in [0.3, 0.4) is 0 Å². The molecule has 3 heteroatoms. The van der Waals surface area contributed by atoms with Crippen molar-refractivity contribution in [3.05, 3.63) is 42.1 Å². The van der Waals surface area contributed by atoms with Crippen molar-refractivity contribution in [3.8, 4) is 11.3 Å². The Morgan fingerprint density at radius 1 is 1.19 bits per heavy atom. The number of nitrogens with zero attached hydrogens (tertiary/aromatic N) is 1. The highest BCUT2D eigenvalue weighted by Gasteiger charge is 2.20. The molecule has 0 aliphatic heterocycles. The van der Waals surface area contributed by atoms with Gasteiger partial charge in [-0.1, -0.05) is 49.6 Å². The zero-order valence-electron chi connectivity index (χ0n) is 12.8. The SMILES string of the molecule is C[C@H](NCc1cn[nH]c1-c1ccccc1)C1CCCCC1. The van der Waals surface area contributed by atoms with Crippen LogP contribution in [0.4, 0.5) is 0 Å². The van der Waals surface area contributed by atoms with Gasteiger partial charge < -0.3 is 5.32 Å². The standard InChI is InChI=1S/C18H25N3/c1-14(15-8-4-2-5-9-15)19-12-17-13-20-21-18(17)16-10-6-3-7-11-16/h3,6-7,10-11,13-15,19H,2,4-5,8-9,12H2,1H3,(H,20,21)/t14-/m0/s1. The molecule has 0 bridgehead atoms. The molecule has 1 aliphatic rings. The first-order chi connectivity index (χ1) is 10.3. The smallest absolute Gasteiger partial charge is 0.0695 e. The summed E-state index contributed by atoms with van der Waals surface area (Å²) in [6.07, 6.45) is 8.93. The van der Waals surface area contributed by atoms with Gasteiger partial charge in [-0.15, -0.1) is 0 Å². The quantitative estimate of drug-likeness (QED) is 0.866. The van der Waals surface area contributed by atoms with Gasteiger partial charge in [-0.3, -0.25) is 5.10 Å². The van der Waals surface area contributed by atoms with E-state index in [4.69, 9.17) is 0 Å². The lowest BCUT2D eigenvalue weighted by Crippen LogP contribution is -2.34. The van der Waals surface area contributed by atoms with Crippen LogP contribution in [0.15, 0.2) is 36.5 Å². The average molecular weight is 283 g/mol. The van der Waals surface area contributed by atoms with Crippen LogP contribution in [0.25, 0.3) is 11.3 Å². The van der Waals surface area contributed by atoms with Crippen molar-refractivity contribution in [2.75, 3.05) is 0 Å². The van der Waals surface area contributed by atoms with Crippen molar-refractivity contribution >= 4 is 0 Å². The van der Waals surface area contributed by atoms with Crippen molar-refractivity contribution in [3.63, 3.8) is 0 Å². The number of benzene rings is 1. The maximum Gasteiger partial charge on any atom is 0.0695 e. The predicted octanol–water partition coefficient (Wildman–Crippen LogP) is 4.14. The summed E-state index contributed by atoms with van der Waals surface area (Å²) in [7, 11) is 0. The molecule has 3 rings (SSSR count). The number of H-pyrrole nitrogens is 1. The summed E-state index contributed by atoms with van der Waals surface area (Å²) < 4.78 is 0. The highest BCUT2D eigenvalue weighted by molar-refractivity contribution is 5.62. The summed E-state index contributed by atoms with van der Waals surface area (Å²) in [5, 5.41) is 11.1. The van der Waals surface area contributed by atoms with E-state index in [1.54, 1.807) is 0 Å². The zero-order chi connectivity index (χ0) is 14.5. The topological polar surface area (TPSA) is 40.7 Å². The highest BCUT2D eigenvalue weighted by Crippen LogP contribution is 2.27. The van der Waals surface area contributed by atoms with Gasteiger partial charge >= 0.3 is 0 Å². The third-order valence-corrected chi connectivity index (χ3v) is 4.75. The van der Waals surface area contributed by atoms with Crippen molar-refractivity contribution in [1.82, 2.24) is 15.5 Å². The van der Waals surface area contributed by atoms with E-state index in [2.05, 4.69) is 46.7 Å². The fourth-order valence-corrected chi connectivity index (χ4v) is 3.37. The molecule has 1 heterocycles. The molecule has 1 aromatic heterocycles. The second-order valence-corrected chi connectivity index (χ2v) is 6.20. The molecular weight excluding hydrogens is 258 g/mol. The number of nitrogens with one attached hydrogen (secondary N) is 2. The highest BCUT2D eigenvalue weighted by atomic mass is 15.1. The Balaban J connectivity index is 1.62. The third-order valence-electron chi connectivity index (χ3n) is 4.75. The molecule has 2 aromatic rings. The minimum atomic E-state index is 0.587. The zero-order valence-corrected chi connectivity index (χ0v) is 12.8. The third kappa shape index (κ3) is 3.53. The Morgan fingerprint density at radius 2 is 1.95 bits per heavy atom. The van der Waals surface area contributed by atoms with Crippen LogP contribution in [0.5, 0.6) is 0 Å². The number of hydrogen-bond donors (Lipinski definition) is 2. The first kappa shape index (κ1) is 14.3. The van der Waals surface area contributed by atoms with Gasteiger partial charge in [0.25, 0.3) is 0 Å². The minimum absolute atomic E-state index is 0.587. The molecule has 21 heavy (non-hydrogen) atoms. The van der Waals surface area contributed by atoms with Gasteiger partial charge in [0.05, 0.1) is 11.9 Å². The van der Waals surface area contributed by atoms with Crippen LogP contribution in [0.2, 0.25) is 0 Å². The molecule has 2 N–H and O–H groups in total. The molecular formula is C18H25N3. The first-order valence-electron chi connectivity index (χ1n) is 8.15. The van der Waals surface area contributed by atoms with Crippen molar-refractivity contribution < 1.29 is 0 Å². The van der Waals surface area contributed by atoms with Crippen molar-refractivity contribution in [2.24, 2.45) is 5.92 Å². The van der Waals surface area contributed by atoms with Crippen molar-refractivity contribution in [1.29, 1.82) is 0 Å². The van der Waals surface area contributed by atoms with E-state index in [0.717, 1.165) is 18.2 Å². The van der Waals surface area contributed by atoms with E-state index in [9.17, 15) is 0 Å². The molecule has 1 aliphatic carbocycles. The molecule has 1 atom stereocenters. The first-order valence-corrected chi connectivity index (χ1v) is 8.15. The summed E-state index contributed by atoms with van der Waals surface area (Å²) in [6.45, 7) is 3.22. The fraction of sp³-hybridized carbons (Fsp3) is 0.500. The van der Waals surface area contributed by atoms with E-state index in [0.29, 0.717) is 6.04 Å². The Morgan fingerprint density at radius 3 is 2.71 bits per heavy atom. The Labute approximate surface area is 127 Å². The molecule has 0 radical (unpaired) electrons. The van der Waals surface area contributed by atoms with Crippen LogP contribution in [-0.4, -0.2) is 16.2 Å². The second-order valence-electron chi connectivity index (χ2n) is 6.20. The van der Waals surface area contributed by atoms with Gasteiger partial charge in [0, 0.05) is 18.2 Å². The van der Waals surface area contributed by atoms with E-state index < -0.39 is 0 Å². The lowest BCUT2D eigenvalue weighted by molar-refractivity contribution is 0.281. The predicted molar refractivity (Wildman–Crippen MR) is 86.9 cm³/mol. The van der Waals surface area contributed by atoms with Crippen molar-refractivity contribution in [2.45, 2.75) is 51.6 Å². The fourth-order valence-electron chi connectivity index (χ4n) is 3.37. The number of hydrogen-bond acceptors (Lipinski definition) is 2. The van der Waals surface area contributed by atoms with Crippen LogP contribution in [0.1, 0.15) is 44.6 Å². The lowest BCUT2D eigenvalue weighted by Gasteiger charge is -2.28. The number of aromatic amines is 1. The van der Waals surface area contributed by atoms with Gasteiger partial charge in [-0.05, 0) is 31.2 Å². The molecule has 3 nitrogen and oxygen atoms in total. The Bertz CT molecular complexity index is 541. The Kier molecular flexibility index (Phi) is 4.71. The summed E-state index contributed by atoms with van der Waals surface area (Å²) in [5.74, 6) is 0.839. The van der Waals surface area contributed by atoms with Gasteiger partial charge in [0.15, 0.2) is 0 Å². The Hall–Kier alpha value is -1.61. The average Bonchev–Trinajstić information content (AvgIpc) is 3.03. The number of rotatable bonds is 5. The van der Waals surface area contributed by atoms with Gasteiger partial charge in [0.2, 0.25) is 0 Å². The number of aromatic nitrogens is 2. The van der Waals surface area contributed by atoms with Gasteiger partial charge in [-0.2, -0.15) is 5.10 Å².